The topological polar surface area (TPSA) is 30.5 Å². The van der Waals surface area contributed by atoms with Crippen molar-refractivity contribution in [2.24, 2.45) is 5.41 Å². The van der Waals surface area contributed by atoms with E-state index in [1.165, 1.54) is 24.8 Å². The van der Waals surface area contributed by atoms with Gasteiger partial charge in [0.15, 0.2) is 0 Å². The Hall–Kier alpha value is -1.06. The molecule has 0 bridgehead atoms. The van der Waals surface area contributed by atoms with Crippen LogP contribution in [0, 0.1) is 5.41 Å². The number of methoxy groups -OCH3 is 1. The minimum atomic E-state index is 0.302. The molecular formula is C16H23NO2. The average molecular weight is 261 g/mol. The zero-order valence-corrected chi connectivity index (χ0v) is 11.7. The molecule has 1 heterocycles. The quantitative estimate of drug-likeness (QED) is 0.817. The number of ether oxygens (including phenoxy) is 2. The second-order valence-corrected chi connectivity index (χ2v) is 5.93. The minimum Gasteiger partial charge on any atom is -0.488 e. The normalized spacial score (nSPS) is 22.9. The van der Waals surface area contributed by atoms with Crippen LogP contribution in [0.1, 0.15) is 24.8 Å². The molecule has 19 heavy (non-hydrogen) atoms. The van der Waals surface area contributed by atoms with Crippen molar-refractivity contribution in [3.63, 3.8) is 0 Å². The van der Waals surface area contributed by atoms with Crippen LogP contribution in [0.2, 0.25) is 0 Å². The van der Waals surface area contributed by atoms with E-state index in [2.05, 4.69) is 23.5 Å². The maximum absolute atomic E-state index is 5.94. The summed E-state index contributed by atoms with van der Waals surface area (Å²) in [7, 11) is 1.78. The predicted octanol–water partition coefficient (Wildman–Crippen LogP) is 2.40. The van der Waals surface area contributed by atoms with Gasteiger partial charge in [0.1, 0.15) is 11.9 Å². The Morgan fingerprint density at radius 2 is 2.21 bits per heavy atom. The van der Waals surface area contributed by atoms with E-state index in [0.717, 1.165) is 31.9 Å². The molecule has 0 radical (unpaired) electrons. The van der Waals surface area contributed by atoms with Crippen LogP contribution in [-0.4, -0.2) is 32.9 Å². The Morgan fingerprint density at radius 1 is 1.37 bits per heavy atom. The molecule has 1 unspecified atom stereocenters. The fourth-order valence-corrected chi connectivity index (χ4v) is 2.88. The third-order valence-corrected chi connectivity index (χ3v) is 4.38. The molecule has 1 saturated carbocycles. The summed E-state index contributed by atoms with van der Waals surface area (Å²) in [5, 5.41) is 3.59. The van der Waals surface area contributed by atoms with Crippen LogP contribution in [0.5, 0.6) is 5.75 Å². The first-order valence-corrected chi connectivity index (χ1v) is 7.26. The van der Waals surface area contributed by atoms with E-state index in [-0.39, 0.29) is 0 Å². The number of rotatable bonds is 7. The Labute approximate surface area is 115 Å². The lowest BCUT2D eigenvalue weighted by Gasteiger charge is -2.17. The average Bonchev–Trinajstić information content (AvgIpc) is 3.07. The van der Waals surface area contributed by atoms with Crippen LogP contribution in [0.4, 0.5) is 0 Å². The van der Waals surface area contributed by atoms with Gasteiger partial charge in [0.25, 0.3) is 0 Å². The summed E-state index contributed by atoms with van der Waals surface area (Å²) in [5.74, 6) is 1.06. The van der Waals surface area contributed by atoms with Gasteiger partial charge >= 0.3 is 0 Å². The van der Waals surface area contributed by atoms with Gasteiger partial charge in [0.05, 0.1) is 0 Å². The highest BCUT2D eigenvalue weighted by Gasteiger charge is 2.41. The molecule has 3 heteroatoms. The fraction of sp³-hybridized carbons (Fsp3) is 0.625. The largest absolute Gasteiger partial charge is 0.488 e. The maximum Gasteiger partial charge on any atom is 0.123 e. The van der Waals surface area contributed by atoms with Gasteiger partial charge < -0.3 is 14.8 Å². The highest BCUT2D eigenvalue weighted by atomic mass is 16.5. The lowest BCUT2D eigenvalue weighted by molar-refractivity contribution is 0.168. The van der Waals surface area contributed by atoms with E-state index in [1.807, 2.05) is 6.07 Å². The Balaban J connectivity index is 1.40. The number of hydrogen-bond donors (Lipinski definition) is 1. The molecule has 104 valence electrons. The van der Waals surface area contributed by atoms with E-state index in [9.17, 15) is 0 Å². The Morgan fingerprint density at radius 3 is 2.95 bits per heavy atom. The SMILES string of the molecule is COCCC1(CNCC2Cc3ccccc3O2)CC1. The van der Waals surface area contributed by atoms with Crippen LogP contribution in [0.3, 0.4) is 0 Å². The highest BCUT2D eigenvalue weighted by Crippen LogP contribution is 2.48. The smallest absolute Gasteiger partial charge is 0.123 e. The van der Waals surface area contributed by atoms with Crippen molar-refractivity contribution in [3.05, 3.63) is 29.8 Å². The molecule has 3 rings (SSSR count). The third kappa shape index (κ3) is 3.10. The van der Waals surface area contributed by atoms with Crippen LogP contribution in [0.15, 0.2) is 24.3 Å². The van der Waals surface area contributed by atoms with Crippen molar-refractivity contribution in [1.29, 1.82) is 0 Å². The summed E-state index contributed by atoms with van der Waals surface area (Å²) in [5.41, 5.74) is 1.86. The van der Waals surface area contributed by atoms with Gasteiger partial charge in [0.2, 0.25) is 0 Å². The van der Waals surface area contributed by atoms with Crippen LogP contribution < -0.4 is 10.1 Å². The maximum atomic E-state index is 5.94. The summed E-state index contributed by atoms with van der Waals surface area (Å²) in [6.45, 7) is 2.93. The number of nitrogens with one attached hydrogen (secondary N) is 1. The number of benzene rings is 1. The lowest BCUT2D eigenvalue weighted by Crippen LogP contribution is -2.34. The van der Waals surface area contributed by atoms with Crippen molar-refractivity contribution in [3.8, 4) is 5.75 Å². The van der Waals surface area contributed by atoms with Crippen molar-refractivity contribution < 1.29 is 9.47 Å². The molecule has 1 fully saturated rings. The molecule has 1 aliphatic carbocycles. The molecule has 1 N–H and O–H groups in total. The van der Waals surface area contributed by atoms with Crippen molar-refractivity contribution in [2.75, 3.05) is 26.8 Å². The van der Waals surface area contributed by atoms with Gasteiger partial charge in [-0.05, 0) is 36.3 Å². The van der Waals surface area contributed by atoms with Gasteiger partial charge in [0, 0.05) is 33.2 Å². The summed E-state index contributed by atoms with van der Waals surface area (Å²) in [6.07, 6.45) is 5.20. The van der Waals surface area contributed by atoms with Crippen LogP contribution in [0.25, 0.3) is 0 Å². The fourth-order valence-electron chi connectivity index (χ4n) is 2.88. The Bertz CT molecular complexity index is 404. The molecule has 1 aromatic rings. The standard InChI is InChI=1S/C16H23NO2/c1-18-9-8-16(6-7-16)12-17-11-14-10-13-4-2-3-5-15(13)19-14/h2-5,14,17H,6-12H2,1H3. The Kier molecular flexibility index (Phi) is 3.76. The number of para-hydroxylation sites is 1. The minimum absolute atomic E-state index is 0.302. The molecule has 0 amide bonds. The monoisotopic (exact) mass is 261 g/mol. The predicted molar refractivity (Wildman–Crippen MR) is 75.6 cm³/mol. The van der Waals surface area contributed by atoms with E-state index in [4.69, 9.17) is 9.47 Å². The van der Waals surface area contributed by atoms with E-state index in [0.29, 0.717) is 11.5 Å². The molecular weight excluding hydrogens is 238 g/mol. The first kappa shape index (κ1) is 12.9. The third-order valence-electron chi connectivity index (χ3n) is 4.38. The number of hydrogen-bond acceptors (Lipinski definition) is 3. The second kappa shape index (κ2) is 5.51. The molecule has 0 saturated heterocycles. The molecule has 2 aliphatic rings. The molecule has 3 nitrogen and oxygen atoms in total. The zero-order chi connectivity index (χ0) is 13.1. The first-order chi connectivity index (χ1) is 9.31. The van der Waals surface area contributed by atoms with Crippen LogP contribution >= 0.6 is 0 Å². The van der Waals surface area contributed by atoms with Gasteiger partial charge in [-0.2, -0.15) is 0 Å². The highest BCUT2D eigenvalue weighted by molar-refractivity contribution is 5.37. The van der Waals surface area contributed by atoms with E-state index >= 15 is 0 Å². The van der Waals surface area contributed by atoms with Crippen molar-refractivity contribution in [1.82, 2.24) is 5.32 Å². The molecule has 1 aliphatic heterocycles. The van der Waals surface area contributed by atoms with Gasteiger partial charge in [-0.3, -0.25) is 0 Å². The number of fused-ring (bicyclic) bond motifs is 1. The summed E-state index contributed by atoms with van der Waals surface area (Å²) >= 11 is 0. The summed E-state index contributed by atoms with van der Waals surface area (Å²) < 4.78 is 11.1. The molecule has 0 aromatic heterocycles. The summed E-state index contributed by atoms with van der Waals surface area (Å²) in [4.78, 5) is 0. The van der Waals surface area contributed by atoms with Crippen molar-refractivity contribution in [2.45, 2.75) is 31.8 Å². The van der Waals surface area contributed by atoms with Gasteiger partial charge in [-0.15, -0.1) is 0 Å². The molecule has 1 atom stereocenters. The molecule has 1 aromatic carbocycles. The van der Waals surface area contributed by atoms with E-state index in [1.54, 1.807) is 7.11 Å². The first-order valence-electron chi connectivity index (χ1n) is 7.26. The summed E-state index contributed by atoms with van der Waals surface area (Å²) in [6, 6.07) is 8.35. The van der Waals surface area contributed by atoms with Crippen LogP contribution in [-0.2, 0) is 11.2 Å². The van der Waals surface area contributed by atoms with E-state index < -0.39 is 0 Å². The lowest BCUT2D eigenvalue weighted by atomic mass is 10.0. The van der Waals surface area contributed by atoms with Gasteiger partial charge in [-0.1, -0.05) is 18.2 Å². The molecule has 0 spiro atoms. The zero-order valence-electron chi connectivity index (χ0n) is 11.7. The van der Waals surface area contributed by atoms with Crippen molar-refractivity contribution >= 4 is 0 Å². The second-order valence-electron chi connectivity index (χ2n) is 5.93. The van der Waals surface area contributed by atoms with Gasteiger partial charge in [-0.25, -0.2) is 0 Å².